The molecule has 1 heterocycles. The first-order valence-corrected chi connectivity index (χ1v) is 4.87. The van der Waals surface area contributed by atoms with Gasteiger partial charge in [0.2, 0.25) is 5.28 Å². The number of halogens is 1. The molecule has 72 valence electrons. The third-order valence-corrected chi connectivity index (χ3v) is 2.64. The van der Waals surface area contributed by atoms with Gasteiger partial charge < -0.3 is 0 Å². The van der Waals surface area contributed by atoms with E-state index >= 15 is 0 Å². The van der Waals surface area contributed by atoms with E-state index < -0.39 is 0 Å². The zero-order valence-corrected chi connectivity index (χ0v) is 9.18. The lowest BCUT2D eigenvalue weighted by Crippen LogP contribution is -1.92. The van der Waals surface area contributed by atoms with Crippen molar-refractivity contribution in [3.63, 3.8) is 0 Å². The highest BCUT2D eigenvalue weighted by Gasteiger charge is 2.04. The number of nitrogens with zero attached hydrogens (tertiary/aromatic N) is 2. The summed E-state index contributed by atoms with van der Waals surface area (Å²) < 4.78 is 0. The summed E-state index contributed by atoms with van der Waals surface area (Å²) in [5.41, 5.74) is 4.34. The molecule has 0 aliphatic carbocycles. The Labute approximate surface area is 88.0 Å². The number of hydrogen-bond donors (Lipinski definition) is 0. The van der Waals surface area contributed by atoms with E-state index in [1.807, 2.05) is 13.0 Å². The predicted octanol–water partition coefficient (Wildman–Crippen LogP) is 3.21. The van der Waals surface area contributed by atoms with E-state index in [1.54, 1.807) is 0 Å². The molecule has 0 radical (unpaired) electrons. The second kappa shape index (κ2) is 3.21. The summed E-state index contributed by atoms with van der Waals surface area (Å²) in [6, 6.07) is 4.15. The van der Waals surface area contributed by atoms with Crippen LogP contribution in [0.5, 0.6) is 0 Å². The van der Waals surface area contributed by atoms with E-state index in [4.69, 9.17) is 11.6 Å². The summed E-state index contributed by atoms with van der Waals surface area (Å²) in [5, 5.41) is 1.40. The van der Waals surface area contributed by atoms with Crippen molar-refractivity contribution < 1.29 is 0 Å². The van der Waals surface area contributed by atoms with Crippen LogP contribution in [0.4, 0.5) is 0 Å². The summed E-state index contributed by atoms with van der Waals surface area (Å²) in [6.45, 7) is 6.10. The van der Waals surface area contributed by atoms with Crippen LogP contribution in [0.3, 0.4) is 0 Å². The van der Waals surface area contributed by atoms with Crippen molar-refractivity contribution >= 4 is 22.5 Å². The molecule has 0 spiro atoms. The maximum atomic E-state index is 5.79. The van der Waals surface area contributed by atoms with Gasteiger partial charge >= 0.3 is 0 Å². The van der Waals surface area contributed by atoms with Crippen molar-refractivity contribution in [2.24, 2.45) is 0 Å². The molecule has 2 nitrogen and oxygen atoms in total. The average Bonchev–Trinajstić information content (AvgIpc) is 2.08. The molecule has 0 saturated carbocycles. The normalized spacial score (nSPS) is 10.9. The van der Waals surface area contributed by atoms with E-state index in [-0.39, 0.29) is 0 Å². The van der Waals surface area contributed by atoms with Gasteiger partial charge in [-0.2, -0.15) is 0 Å². The molecule has 2 rings (SSSR count). The molecule has 0 saturated heterocycles. The molecule has 2 aromatic rings. The van der Waals surface area contributed by atoms with Crippen molar-refractivity contribution in [1.29, 1.82) is 0 Å². The molecule has 1 aromatic heterocycles. The Balaban J connectivity index is 2.89. The molecule has 1 aromatic carbocycles. The highest BCUT2D eigenvalue weighted by molar-refractivity contribution is 6.28. The number of benzene rings is 1. The first kappa shape index (κ1) is 9.41. The SMILES string of the molecule is Cc1cc2nc(Cl)nc(C)c2cc1C. The van der Waals surface area contributed by atoms with Crippen LogP contribution in [0.2, 0.25) is 5.28 Å². The van der Waals surface area contributed by atoms with Gasteiger partial charge in [0.15, 0.2) is 0 Å². The van der Waals surface area contributed by atoms with Crippen molar-refractivity contribution in [1.82, 2.24) is 9.97 Å². The third-order valence-electron chi connectivity index (χ3n) is 2.47. The van der Waals surface area contributed by atoms with Crippen LogP contribution >= 0.6 is 11.6 Å². The highest BCUT2D eigenvalue weighted by atomic mass is 35.5. The van der Waals surface area contributed by atoms with Gasteiger partial charge in [0.1, 0.15) is 0 Å². The van der Waals surface area contributed by atoms with Crippen LogP contribution in [0.1, 0.15) is 16.8 Å². The van der Waals surface area contributed by atoms with E-state index in [9.17, 15) is 0 Å². The Hall–Kier alpha value is -1.15. The zero-order valence-electron chi connectivity index (χ0n) is 8.43. The average molecular weight is 207 g/mol. The fourth-order valence-electron chi connectivity index (χ4n) is 1.51. The largest absolute Gasteiger partial charge is 0.223 e. The minimum Gasteiger partial charge on any atom is -0.223 e. The van der Waals surface area contributed by atoms with Crippen LogP contribution in [-0.4, -0.2) is 9.97 Å². The molecule has 0 aliphatic heterocycles. The first-order valence-electron chi connectivity index (χ1n) is 4.49. The lowest BCUT2D eigenvalue weighted by Gasteiger charge is -2.05. The number of fused-ring (bicyclic) bond motifs is 1. The van der Waals surface area contributed by atoms with Gasteiger partial charge in [-0.3, -0.25) is 0 Å². The summed E-state index contributed by atoms with van der Waals surface area (Å²) in [7, 11) is 0. The minimum absolute atomic E-state index is 0.318. The summed E-state index contributed by atoms with van der Waals surface area (Å²) in [5.74, 6) is 0. The number of hydrogen-bond acceptors (Lipinski definition) is 2. The molecule has 0 N–H and O–H groups in total. The molecule has 0 atom stereocenters. The molecular formula is C11H11ClN2. The molecule has 0 aliphatic rings. The van der Waals surface area contributed by atoms with Crippen molar-refractivity contribution in [2.75, 3.05) is 0 Å². The van der Waals surface area contributed by atoms with Crippen LogP contribution in [0.25, 0.3) is 10.9 Å². The van der Waals surface area contributed by atoms with Crippen molar-refractivity contribution in [3.05, 3.63) is 34.2 Å². The summed E-state index contributed by atoms with van der Waals surface area (Å²) in [6.07, 6.45) is 0. The van der Waals surface area contributed by atoms with Gasteiger partial charge in [-0.15, -0.1) is 0 Å². The summed E-state index contributed by atoms with van der Waals surface area (Å²) in [4.78, 5) is 8.32. The van der Waals surface area contributed by atoms with Crippen LogP contribution in [-0.2, 0) is 0 Å². The quantitative estimate of drug-likeness (QED) is 0.619. The second-order valence-corrected chi connectivity index (χ2v) is 3.87. The van der Waals surface area contributed by atoms with Gasteiger partial charge in [0.25, 0.3) is 0 Å². The first-order chi connectivity index (χ1) is 6.58. The lowest BCUT2D eigenvalue weighted by molar-refractivity contribution is 1.15. The maximum absolute atomic E-state index is 5.79. The molecule has 0 fully saturated rings. The van der Waals surface area contributed by atoms with E-state index in [0.717, 1.165) is 16.6 Å². The monoisotopic (exact) mass is 206 g/mol. The Morgan fingerprint density at radius 2 is 1.64 bits per heavy atom. The third kappa shape index (κ3) is 1.46. The van der Waals surface area contributed by atoms with Crippen molar-refractivity contribution in [3.8, 4) is 0 Å². The Bertz CT molecular complexity index is 506. The topological polar surface area (TPSA) is 25.8 Å². The summed E-state index contributed by atoms with van der Waals surface area (Å²) >= 11 is 5.79. The number of aryl methyl sites for hydroxylation is 3. The Morgan fingerprint density at radius 3 is 2.36 bits per heavy atom. The number of aromatic nitrogens is 2. The predicted molar refractivity (Wildman–Crippen MR) is 58.8 cm³/mol. The van der Waals surface area contributed by atoms with Gasteiger partial charge in [0.05, 0.1) is 11.2 Å². The molecule has 0 bridgehead atoms. The van der Waals surface area contributed by atoms with Crippen LogP contribution in [0, 0.1) is 20.8 Å². The smallest absolute Gasteiger partial charge is 0.223 e. The Morgan fingerprint density at radius 1 is 1.00 bits per heavy atom. The molecular weight excluding hydrogens is 196 g/mol. The van der Waals surface area contributed by atoms with Gasteiger partial charge in [0, 0.05) is 5.39 Å². The van der Waals surface area contributed by atoms with E-state index in [0.29, 0.717) is 5.28 Å². The molecule has 14 heavy (non-hydrogen) atoms. The van der Waals surface area contributed by atoms with Gasteiger partial charge in [-0.1, -0.05) is 0 Å². The maximum Gasteiger partial charge on any atom is 0.223 e. The van der Waals surface area contributed by atoms with E-state index in [2.05, 4.69) is 29.9 Å². The minimum atomic E-state index is 0.318. The fourth-order valence-corrected chi connectivity index (χ4v) is 1.72. The second-order valence-electron chi connectivity index (χ2n) is 3.53. The van der Waals surface area contributed by atoms with E-state index in [1.165, 1.54) is 11.1 Å². The van der Waals surface area contributed by atoms with Gasteiger partial charge in [-0.05, 0) is 55.6 Å². The fraction of sp³-hybridized carbons (Fsp3) is 0.273. The number of rotatable bonds is 0. The Kier molecular flexibility index (Phi) is 2.16. The van der Waals surface area contributed by atoms with Crippen LogP contribution < -0.4 is 0 Å². The lowest BCUT2D eigenvalue weighted by atomic mass is 10.1. The standard InChI is InChI=1S/C11H11ClN2/c1-6-4-9-8(3)13-11(12)14-10(9)5-7(6)2/h4-5H,1-3H3. The molecule has 0 amide bonds. The molecule has 0 unspecified atom stereocenters. The zero-order chi connectivity index (χ0) is 10.3. The molecule has 3 heteroatoms. The van der Waals surface area contributed by atoms with Crippen LogP contribution in [0.15, 0.2) is 12.1 Å². The van der Waals surface area contributed by atoms with Crippen molar-refractivity contribution in [2.45, 2.75) is 20.8 Å². The highest BCUT2D eigenvalue weighted by Crippen LogP contribution is 2.21. The van der Waals surface area contributed by atoms with Gasteiger partial charge in [-0.25, -0.2) is 9.97 Å².